The molecule has 5 heteroatoms. The van der Waals surface area contributed by atoms with E-state index in [-0.39, 0.29) is 24.8 Å². The molecule has 1 fully saturated rings. The minimum absolute atomic E-state index is 0.0464. The summed E-state index contributed by atoms with van der Waals surface area (Å²) in [6.45, 7) is 2.01. The SMILES string of the molecule is CCOC(=O)C[C@H](N)c1cc(Cl)cc(C2CC2)c1F. The molecule has 2 N–H and O–H groups in total. The van der Waals surface area contributed by atoms with Crippen molar-refractivity contribution in [3.05, 3.63) is 34.1 Å². The molecule has 0 unspecified atom stereocenters. The van der Waals surface area contributed by atoms with Crippen LogP contribution in [0.2, 0.25) is 5.02 Å². The molecule has 0 heterocycles. The maximum Gasteiger partial charge on any atom is 0.307 e. The Hall–Kier alpha value is -1.13. The van der Waals surface area contributed by atoms with E-state index in [1.807, 2.05) is 0 Å². The van der Waals surface area contributed by atoms with E-state index in [9.17, 15) is 9.18 Å². The van der Waals surface area contributed by atoms with Crippen molar-refractivity contribution in [2.24, 2.45) is 5.73 Å². The van der Waals surface area contributed by atoms with Gasteiger partial charge in [-0.2, -0.15) is 0 Å². The molecular formula is C14H17ClFNO2. The number of hydrogen-bond acceptors (Lipinski definition) is 3. The van der Waals surface area contributed by atoms with Crippen molar-refractivity contribution in [2.75, 3.05) is 6.61 Å². The Bertz CT molecular complexity index is 489. The molecule has 0 bridgehead atoms. The average molecular weight is 286 g/mol. The molecule has 1 aromatic rings. The number of rotatable bonds is 5. The fraction of sp³-hybridized carbons (Fsp3) is 0.500. The zero-order valence-corrected chi connectivity index (χ0v) is 11.5. The molecule has 0 radical (unpaired) electrons. The summed E-state index contributed by atoms with van der Waals surface area (Å²) in [7, 11) is 0. The summed E-state index contributed by atoms with van der Waals surface area (Å²) in [6.07, 6.45) is 1.91. The van der Waals surface area contributed by atoms with E-state index in [1.165, 1.54) is 6.07 Å². The second kappa shape index (κ2) is 5.88. The van der Waals surface area contributed by atoms with Crippen LogP contribution >= 0.6 is 11.6 Å². The van der Waals surface area contributed by atoms with Crippen molar-refractivity contribution in [1.29, 1.82) is 0 Å². The van der Waals surface area contributed by atoms with Crippen LogP contribution in [0.25, 0.3) is 0 Å². The normalized spacial score (nSPS) is 16.2. The first kappa shape index (κ1) is 14.3. The van der Waals surface area contributed by atoms with E-state index in [4.69, 9.17) is 22.1 Å². The third kappa shape index (κ3) is 3.45. The minimum Gasteiger partial charge on any atom is -0.466 e. The van der Waals surface area contributed by atoms with E-state index < -0.39 is 12.0 Å². The number of nitrogens with two attached hydrogens (primary N) is 1. The Morgan fingerprint density at radius 2 is 2.26 bits per heavy atom. The number of halogens is 2. The molecular weight excluding hydrogens is 269 g/mol. The van der Waals surface area contributed by atoms with E-state index in [0.29, 0.717) is 16.1 Å². The van der Waals surface area contributed by atoms with E-state index in [1.54, 1.807) is 13.0 Å². The molecule has 1 saturated carbocycles. The molecule has 0 saturated heterocycles. The summed E-state index contributed by atoms with van der Waals surface area (Å²) in [5.41, 5.74) is 6.79. The second-order valence-corrected chi connectivity index (χ2v) is 5.22. The Kier molecular flexibility index (Phi) is 4.42. The van der Waals surface area contributed by atoms with E-state index in [2.05, 4.69) is 0 Å². The highest BCUT2D eigenvalue weighted by molar-refractivity contribution is 6.30. The maximum atomic E-state index is 14.3. The predicted octanol–water partition coefficient (Wildman–Crippen LogP) is 3.31. The van der Waals surface area contributed by atoms with Crippen molar-refractivity contribution < 1.29 is 13.9 Å². The van der Waals surface area contributed by atoms with Crippen LogP contribution in [-0.4, -0.2) is 12.6 Å². The smallest absolute Gasteiger partial charge is 0.307 e. The highest BCUT2D eigenvalue weighted by atomic mass is 35.5. The fourth-order valence-corrected chi connectivity index (χ4v) is 2.34. The topological polar surface area (TPSA) is 52.3 Å². The van der Waals surface area contributed by atoms with Gasteiger partial charge in [0.15, 0.2) is 0 Å². The maximum absolute atomic E-state index is 14.3. The van der Waals surface area contributed by atoms with E-state index in [0.717, 1.165) is 12.8 Å². The minimum atomic E-state index is -0.727. The molecule has 1 aliphatic carbocycles. The molecule has 0 aliphatic heterocycles. The zero-order chi connectivity index (χ0) is 14.0. The Labute approximate surface area is 116 Å². The second-order valence-electron chi connectivity index (χ2n) is 4.79. The van der Waals surface area contributed by atoms with Gasteiger partial charge in [0.25, 0.3) is 0 Å². The fourth-order valence-electron chi connectivity index (χ4n) is 2.10. The molecule has 1 atom stereocenters. The van der Waals surface area contributed by atoms with Gasteiger partial charge < -0.3 is 10.5 Å². The van der Waals surface area contributed by atoms with Crippen molar-refractivity contribution in [1.82, 2.24) is 0 Å². The Morgan fingerprint density at radius 1 is 1.58 bits per heavy atom. The Balaban J connectivity index is 2.20. The van der Waals surface area contributed by atoms with Crippen LogP contribution in [0.1, 0.15) is 49.3 Å². The molecule has 1 aliphatic rings. The lowest BCUT2D eigenvalue weighted by Gasteiger charge is -2.15. The third-order valence-electron chi connectivity index (χ3n) is 3.20. The molecule has 0 amide bonds. The first-order valence-electron chi connectivity index (χ1n) is 6.43. The lowest BCUT2D eigenvalue weighted by atomic mass is 9.99. The van der Waals surface area contributed by atoms with Crippen LogP contribution in [0.15, 0.2) is 12.1 Å². The van der Waals surface area contributed by atoms with Gasteiger partial charge in [0.2, 0.25) is 0 Å². The average Bonchev–Trinajstić information content (AvgIpc) is 3.15. The van der Waals surface area contributed by atoms with E-state index >= 15 is 0 Å². The molecule has 0 aromatic heterocycles. The van der Waals surface area contributed by atoms with Gasteiger partial charge in [-0.1, -0.05) is 11.6 Å². The van der Waals surface area contributed by atoms with Gasteiger partial charge in [-0.15, -0.1) is 0 Å². The molecule has 3 nitrogen and oxygen atoms in total. The van der Waals surface area contributed by atoms with Crippen molar-refractivity contribution >= 4 is 17.6 Å². The lowest BCUT2D eigenvalue weighted by Crippen LogP contribution is -2.19. The van der Waals surface area contributed by atoms with Gasteiger partial charge in [0, 0.05) is 16.6 Å². The van der Waals surface area contributed by atoms with Crippen LogP contribution in [-0.2, 0) is 9.53 Å². The molecule has 19 heavy (non-hydrogen) atoms. The molecule has 104 valence electrons. The first-order chi connectivity index (χ1) is 9.02. The Morgan fingerprint density at radius 3 is 2.84 bits per heavy atom. The first-order valence-corrected chi connectivity index (χ1v) is 6.80. The number of hydrogen-bond donors (Lipinski definition) is 1. The van der Waals surface area contributed by atoms with Gasteiger partial charge in [-0.05, 0) is 43.4 Å². The molecule has 1 aromatic carbocycles. The van der Waals surface area contributed by atoms with Gasteiger partial charge in [0.05, 0.1) is 13.0 Å². The molecule has 2 rings (SSSR count). The van der Waals surface area contributed by atoms with Crippen LogP contribution in [0.5, 0.6) is 0 Å². The van der Waals surface area contributed by atoms with Gasteiger partial charge >= 0.3 is 5.97 Å². The third-order valence-corrected chi connectivity index (χ3v) is 3.42. The van der Waals surface area contributed by atoms with Gasteiger partial charge in [-0.25, -0.2) is 4.39 Å². The quantitative estimate of drug-likeness (QED) is 0.845. The summed E-state index contributed by atoms with van der Waals surface area (Å²) in [5.74, 6) is -0.515. The summed E-state index contributed by atoms with van der Waals surface area (Å²) in [5, 5.41) is 0.456. The number of ether oxygens (including phenoxy) is 1. The van der Waals surface area contributed by atoms with Crippen molar-refractivity contribution in [3.8, 4) is 0 Å². The van der Waals surface area contributed by atoms with Gasteiger partial charge in [-0.3, -0.25) is 4.79 Å². The van der Waals surface area contributed by atoms with Crippen LogP contribution in [0, 0.1) is 5.82 Å². The summed E-state index contributed by atoms with van der Waals surface area (Å²) < 4.78 is 19.2. The largest absolute Gasteiger partial charge is 0.466 e. The number of carbonyl (C=O) groups excluding carboxylic acids is 1. The zero-order valence-electron chi connectivity index (χ0n) is 10.8. The number of esters is 1. The highest BCUT2D eigenvalue weighted by Gasteiger charge is 2.29. The predicted molar refractivity (Wildman–Crippen MR) is 71.6 cm³/mol. The number of benzene rings is 1. The summed E-state index contributed by atoms with van der Waals surface area (Å²) in [4.78, 5) is 11.4. The number of carbonyl (C=O) groups is 1. The standard InChI is InChI=1S/C14H17ClFNO2/c1-2-19-13(18)7-12(17)11-6-9(15)5-10(14(11)16)8-3-4-8/h5-6,8,12H,2-4,7,17H2,1H3/t12-/m0/s1. The molecule has 0 spiro atoms. The van der Waals surface area contributed by atoms with Crippen LogP contribution in [0.4, 0.5) is 4.39 Å². The van der Waals surface area contributed by atoms with Crippen molar-refractivity contribution in [2.45, 2.75) is 38.1 Å². The highest BCUT2D eigenvalue weighted by Crippen LogP contribution is 2.43. The summed E-state index contributed by atoms with van der Waals surface area (Å²) in [6, 6.07) is 2.41. The summed E-state index contributed by atoms with van der Waals surface area (Å²) >= 11 is 6.00. The van der Waals surface area contributed by atoms with Gasteiger partial charge in [0.1, 0.15) is 5.82 Å². The monoisotopic (exact) mass is 285 g/mol. The lowest BCUT2D eigenvalue weighted by molar-refractivity contribution is -0.143. The van der Waals surface area contributed by atoms with Crippen LogP contribution < -0.4 is 5.73 Å². The van der Waals surface area contributed by atoms with Crippen LogP contribution in [0.3, 0.4) is 0 Å². The van der Waals surface area contributed by atoms with Crippen molar-refractivity contribution in [3.63, 3.8) is 0 Å².